The number of rotatable bonds is 7. The Hall–Kier alpha value is -3.12. The fraction of sp³-hybridized carbons (Fsp3) is 0.333. The van der Waals surface area contributed by atoms with Gasteiger partial charge in [-0.25, -0.2) is 0 Å². The SMILES string of the molecule is COc1ccccc1C(=O)C1CCCN(Cc2cn(CC(N)=O)c3ccccc23)C1. The molecule has 1 aromatic heterocycles. The summed E-state index contributed by atoms with van der Waals surface area (Å²) in [6.45, 7) is 2.56. The Morgan fingerprint density at radius 1 is 1.13 bits per heavy atom. The number of piperidine rings is 1. The lowest BCUT2D eigenvalue weighted by molar-refractivity contribution is -0.118. The molecule has 2 N–H and O–H groups in total. The Bertz CT molecular complexity index is 1070. The summed E-state index contributed by atoms with van der Waals surface area (Å²) in [4.78, 5) is 26.9. The van der Waals surface area contributed by atoms with Crippen LogP contribution in [0.15, 0.2) is 54.7 Å². The Kier molecular flexibility index (Phi) is 5.86. The predicted octanol–water partition coefficient (Wildman–Crippen LogP) is 3.23. The van der Waals surface area contributed by atoms with Gasteiger partial charge in [-0.3, -0.25) is 14.5 Å². The van der Waals surface area contributed by atoms with E-state index in [1.165, 1.54) is 0 Å². The Labute approximate surface area is 176 Å². The molecule has 0 spiro atoms. The third-order valence-corrected chi connectivity index (χ3v) is 5.84. The van der Waals surface area contributed by atoms with E-state index in [1.807, 2.05) is 53.2 Å². The number of para-hydroxylation sites is 2. The standard InChI is InChI=1S/C24H27N3O3/c1-30-22-11-5-3-9-20(22)24(29)17-7-6-12-26(13-17)14-18-15-27(16-23(25)28)21-10-4-2-8-19(18)21/h2-5,8-11,15,17H,6-7,12-14,16H2,1H3,(H2,25,28). The number of methoxy groups -OCH3 is 1. The molecule has 2 heterocycles. The van der Waals surface area contributed by atoms with E-state index in [-0.39, 0.29) is 24.2 Å². The number of ether oxygens (including phenoxy) is 1. The summed E-state index contributed by atoms with van der Waals surface area (Å²) in [6.07, 6.45) is 3.88. The van der Waals surface area contributed by atoms with E-state index < -0.39 is 0 Å². The van der Waals surface area contributed by atoms with E-state index in [4.69, 9.17) is 10.5 Å². The highest BCUT2D eigenvalue weighted by Crippen LogP contribution is 2.28. The predicted molar refractivity (Wildman–Crippen MR) is 116 cm³/mol. The van der Waals surface area contributed by atoms with Gasteiger partial charge in [0.2, 0.25) is 5.91 Å². The maximum absolute atomic E-state index is 13.2. The van der Waals surface area contributed by atoms with Crippen molar-refractivity contribution in [2.24, 2.45) is 11.7 Å². The van der Waals surface area contributed by atoms with Crippen LogP contribution in [0.2, 0.25) is 0 Å². The van der Waals surface area contributed by atoms with Crippen LogP contribution in [0.25, 0.3) is 10.9 Å². The number of fused-ring (bicyclic) bond motifs is 1. The maximum atomic E-state index is 13.2. The van der Waals surface area contributed by atoms with Gasteiger partial charge in [-0.15, -0.1) is 0 Å². The Morgan fingerprint density at radius 3 is 2.70 bits per heavy atom. The first-order chi connectivity index (χ1) is 14.6. The van der Waals surface area contributed by atoms with E-state index in [9.17, 15) is 9.59 Å². The van der Waals surface area contributed by atoms with Gasteiger partial charge < -0.3 is 15.0 Å². The first-order valence-corrected chi connectivity index (χ1v) is 10.3. The van der Waals surface area contributed by atoms with Gasteiger partial charge in [-0.1, -0.05) is 30.3 Å². The highest BCUT2D eigenvalue weighted by molar-refractivity contribution is 6.00. The molecule has 6 heteroatoms. The van der Waals surface area contributed by atoms with Crippen LogP contribution in [0.1, 0.15) is 28.8 Å². The average molecular weight is 405 g/mol. The van der Waals surface area contributed by atoms with E-state index in [2.05, 4.69) is 11.0 Å². The molecule has 1 amide bonds. The van der Waals surface area contributed by atoms with Crippen molar-refractivity contribution in [3.63, 3.8) is 0 Å². The van der Waals surface area contributed by atoms with Gasteiger partial charge in [0.25, 0.3) is 0 Å². The Balaban J connectivity index is 1.53. The van der Waals surface area contributed by atoms with Gasteiger partial charge in [-0.05, 0) is 43.1 Å². The molecule has 2 aromatic carbocycles. The molecule has 4 rings (SSSR count). The van der Waals surface area contributed by atoms with Crippen LogP contribution in [-0.2, 0) is 17.9 Å². The summed E-state index contributed by atoms with van der Waals surface area (Å²) < 4.78 is 7.30. The fourth-order valence-electron chi connectivity index (χ4n) is 4.47. The molecule has 156 valence electrons. The summed E-state index contributed by atoms with van der Waals surface area (Å²) in [5, 5.41) is 1.12. The maximum Gasteiger partial charge on any atom is 0.237 e. The minimum Gasteiger partial charge on any atom is -0.496 e. The summed E-state index contributed by atoms with van der Waals surface area (Å²) in [6, 6.07) is 15.5. The number of aromatic nitrogens is 1. The molecule has 1 unspecified atom stereocenters. The smallest absolute Gasteiger partial charge is 0.237 e. The number of hydrogen-bond acceptors (Lipinski definition) is 4. The second-order valence-corrected chi connectivity index (χ2v) is 7.90. The molecule has 1 aliphatic heterocycles. The molecule has 0 aliphatic carbocycles. The van der Waals surface area contributed by atoms with E-state index in [0.29, 0.717) is 17.9 Å². The summed E-state index contributed by atoms with van der Waals surface area (Å²) in [5.74, 6) is 0.374. The minimum atomic E-state index is -0.359. The van der Waals surface area contributed by atoms with Gasteiger partial charge in [0.05, 0.1) is 12.7 Å². The number of primary amides is 1. The molecule has 1 atom stereocenters. The van der Waals surface area contributed by atoms with Crippen molar-refractivity contribution in [3.05, 3.63) is 65.9 Å². The number of nitrogens with zero attached hydrogens (tertiary/aromatic N) is 2. The average Bonchev–Trinajstić information content (AvgIpc) is 3.10. The lowest BCUT2D eigenvalue weighted by atomic mass is 9.89. The molecule has 3 aromatic rings. The number of ketones is 1. The lowest BCUT2D eigenvalue weighted by Gasteiger charge is -2.32. The molecule has 0 bridgehead atoms. The monoisotopic (exact) mass is 405 g/mol. The van der Waals surface area contributed by atoms with Gasteiger partial charge in [0, 0.05) is 36.1 Å². The molecule has 0 radical (unpaired) electrons. The number of nitrogens with two attached hydrogens (primary N) is 1. The Morgan fingerprint density at radius 2 is 1.90 bits per heavy atom. The summed E-state index contributed by atoms with van der Waals surface area (Å²) in [7, 11) is 1.60. The largest absolute Gasteiger partial charge is 0.496 e. The van der Waals surface area contributed by atoms with Gasteiger partial charge in [0.15, 0.2) is 5.78 Å². The van der Waals surface area contributed by atoms with Crippen molar-refractivity contribution in [1.82, 2.24) is 9.47 Å². The molecule has 1 saturated heterocycles. The van der Waals surface area contributed by atoms with Crippen molar-refractivity contribution >= 4 is 22.6 Å². The number of carbonyl (C=O) groups excluding carboxylic acids is 2. The number of carbonyl (C=O) groups is 2. The molecule has 30 heavy (non-hydrogen) atoms. The van der Waals surface area contributed by atoms with Crippen LogP contribution >= 0.6 is 0 Å². The third kappa shape index (κ3) is 4.09. The zero-order valence-electron chi connectivity index (χ0n) is 17.2. The normalized spacial score (nSPS) is 17.2. The number of likely N-dealkylation sites (tertiary alicyclic amines) is 1. The first-order valence-electron chi connectivity index (χ1n) is 10.3. The van der Waals surface area contributed by atoms with Crippen LogP contribution in [0.3, 0.4) is 0 Å². The second kappa shape index (κ2) is 8.71. The fourth-order valence-corrected chi connectivity index (χ4v) is 4.47. The quantitative estimate of drug-likeness (QED) is 0.612. The topological polar surface area (TPSA) is 77.6 Å². The molecular weight excluding hydrogens is 378 g/mol. The summed E-state index contributed by atoms with van der Waals surface area (Å²) in [5.41, 5.74) is 8.23. The van der Waals surface area contributed by atoms with Gasteiger partial charge >= 0.3 is 0 Å². The molecule has 6 nitrogen and oxygen atoms in total. The highest BCUT2D eigenvalue weighted by atomic mass is 16.5. The van der Waals surface area contributed by atoms with Crippen molar-refractivity contribution in [2.45, 2.75) is 25.9 Å². The molecule has 1 aliphatic rings. The second-order valence-electron chi connectivity index (χ2n) is 7.90. The van der Waals surface area contributed by atoms with Crippen LogP contribution in [-0.4, -0.2) is 41.4 Å². The number of hydrogen-bond donors (Lipinski definition) is 1. The van der Waals surface area contributed by atoms with Crippen LogP contribution in [0.5, 0.6) is 5.75 Å². The van der Waals surface area contributed by atoms with Crippen molar-refractivity contribution < 1.29 is 14.3 Å². The van der Waals surface area contributed by atoms with E-state index >= 15 is 0 Å². The van der Waals surface area contributed by atoms with Crippen molar-refractivity contribution in [2.75, 3.05) is 20.2 Å². The number of benzene rings is 2. The minimum absolute atomic E-state index is 0.0472. The zero-order valence-corrected chi connectivity index (χ0v) is 17.2. The molecule has 0 saturated carbocycles. The van der Waals surface area contributed by atoms with Crippen LogP contribution in [0.4, 0.5) is 0 Å². The van der Waals surface area contributed by atoms with E-state index in [0.717, 1.165) is 42.4 Å². The lowest BCUT2D eigenvalue weighted by Crippen LogP contribution is -2.38. The van der Waals surface area contributed by atoms with Crippen LogP contribution in [0, 0.1) is 5.92 Å². The van der Waals surface area contributed by atoms with Crippen molar-refractivity contribution in [1.29, 1.82) is 0 Å². The third-order valence-electron chi connectivity index (χ3n) is 5.84. The first kappa shape index (κ1) is 20.2. The van der Waals surface area contributed by atoms with Crippen molar-refractivity contribution in [3.8, 4) is 5.75 Å². The number of amides is 1. The number of Topliss-reactive ketones (excluding diaryl/α,β-unsaturated/α-hetero) is 1. The summed E-state index contributed by atoms with van der Waals surface area (Å²) >= 11 is 0. The van der Waals surface area contributed by atoms with Crippen LogP contribution < -0.4 is 10.5 Å². The molecular formula is C24H27N3O3. The van der Waals surface area contributed by atoms with Gasteiger partial charge in [0.1, 0.15) is 12.3 Å². The molecule has 1 fully saturated rings. The van der Waals surface area contributed by atoms with Gasteiger partial charge in [-0.2, -0.15) is 0 Å². The highest BCUT2D eigenvalue weighted by Gasteiger charge is 2.28. The zero-order chi connectivity index (χ0) is 21.1. The van der Waals surface area contributed by atoms with E-state index in [1.54, 1.807) is 7.11 Å².